The molecule has 16 heteroatoms. The number of likely N-dealkylation sites (tertiary alicyclic amines) is 1. The van der Waals surface area contributed by atoms with Gasteiger partial charge in [0.1, 0.15) is 35.4 Å². The van der Waals surface area contributed by atoms with Gasteiger partial charge in [-0.1, -0.05) is 24.3 Å². The zero-order chi connectivity index (χ0) is 40.6. The number of hydrogen-bond donors (Lipinski definition) is 2. The van der Waals surface area contributed by atoms with E-state index in [9.17, 15) is 14.4 Å². The number of para-hydroxylation sites is 1. The summed E-state index contributed by atoms with van der Waals surface area (Å²) in [6.07, 6.45) is 4.10. The fourth-order valence-electron chi connectivity index (χ4n) is 7.83. The molecule has 0 bridgehead atoms. The van der Waals surface area contributed by atoms with Gasteiger partial charge in [0.25, 0.3) is 5.91 Å². The third-order valence-corrected chi connectivity index (χ3v) is 11.8. The second-order valence-electron chi connectivity index (χ2n) is 14.7. The summed E-state index contributed by atoms with van der Waals surface area (Å²) in [6, 6.07) is 22.7. The molecule has 5 aromatic rings. The number of nitrogens with one attached hydrogen (secondary N) is 1. The van der Waals surface area contributed by atoms with Gasteiger partial charge < -0.3 is 29.6 Å². The predicted molar refractivity (Wildman–Crippen MR) is 222 cm³/mol. The minimum atomic E-state index is -0.624. The Morgan fingerprint density at radius 3 is 2.39 bits per heavy atom. The van der Waals surface area contributed by atoms with Crippen LogP contribution in [0.15, 0.2) is 84.0 Å². The van der Waals surface area contributed by atoms with Crippen LogP contribution in [0.5, 0.6) is 11.5 Å². The molecule has 0 radical (unpaired) electrons. The average Bonchev–Trinajstić information content (AvgIpc) is 3.81. The predicted octanol–water partition coefficient (Wildman–Crippen LogP) is 5.11. The first-order chi connectivity index (χ1) is 28.9. The van der Waals surface area contributed by atoms with Crippen molar-refractivity contribution in [1.29, 1.82) is 0 Å². The summed E-state index contributed by atoms with van der Waals surface area (Å²) in [6.45, 7) is 6.03. The third kappa shape index (κ3) is 9.58. The Labute approximate surface area is 346 Å². The van der Waals surface area contributed by atoms with Crippen LogP contribution in [0.25, 0.3) is 22.3 Å². The third-order valence-electron chi connectivity index (χ3n) is 10.8. The fraction of sp³-hybridized carbons (Fsp3) is 0.395. The molecule has 0 spiro atoms. The van der Waals surface area contributed by atoms with Gasteiger partial charge in [-0.15, -0.1) is 11.8 Å². The monoisotopic (exact) mass is 820 g/mol. The van der Waals surface area contributed by atoms with Crippen LogP contribution in [-0.4, -0.2) is 118 Å². The number of nitrogens with zero attached hydrogens (tertiary/aromatic N) is 6. The number of nitrogen functional groups attached to an aromatic ring is 1. The molecule has 15 nitrogen and oxygen atoms in total. The van der Waals surface area contributed by atoms with Crippen molar-refractivity contribution in [1.82, 2.24) is 34.9 Å². The molecule has 2 fully saturated rings. The first-order valence-corrected chi connectivity index (χ1v) is 21.1. The number of ether oxygens (including phenoxy) is 4. The van der Waals surface area contributed by atoms with Gasteiger partial charge in [0, 0.05) is 47.8 Å². The van der Waals surface area contributed by atoms with E-state index in [-0.39, 0.29) is 24.3 Å². The molecule has 3 aromatic carbocycles. The average molecular weight is 821 g/mol. The van der Waals surface area contributed by atoms with Crippen LogP contribution >= 0.6 is 11.8 Å². The van der Waals surface area contributed by atoms with E-state index in [2.05, 4.69) is 20.2 Å². The normalized spacial score (nSPS) is 18.4. The Morgan fingerprint density at radius 1 is 0.831 bits per heavy atom. The maximum Gasteiger partial charge on any atom is 0.255 e. The highest BCUT2D eigenvalue weighted by atomic mass is 32.2. The van der Waals surface area contributed by atoms with Gasteiger partial charge in [0.2, 0.25) is 11.8 Å². The molecular formula is C43H48N8O7S. The largest absolute Gasteiger partial charge is 0.457 e. The lowest BCUT2D eigenvalue weighted by Crippen LogP contribution is -2.52. The molecule has 1 unspecified atom stereocenters. The highest BCUT2D eigenvalue weighted by Gasteiger charge is 2.40. The molecule has 3 amide bonds. The number of rotatable bonds is 18. The summed E-state index contributed by atoms with van der Waals surface area (Å²) in [5.41, 5.74) is 10.4. The van der Waals surface area contributed by atoms with Gasteiger partial charge >= 0.3 is 0 Å². The maximum atomic E-state index is 13.1. The van der Waals surface area contributed by atoms with Crippen LogP contribution in [-0.2, 0) is 30.3 Å². The zero-order valence-corrected chi connectivity index (χ0v) is 33.6. The number of aromatic nitrogens is 4. The SMILES string of the molecule is Nc1ncnc2c1c(-c1ccc(Oc3ccccc3)cc1)nn2[C@@H]1CCCN(CCOCCOCCOCCSc2cccc3c2CN(C2CCC(=O)NC2=O)C3=O)C1. The van der Waals surface area contributed by atoms with Crippen LogP contribution in [0, 0.1) is 0 Å². The first-order valence-electron chi connectivity index (χ1n) is 20.1. The molecule has 59 heavy (non-hydrogen) atoms. The highest BCUT2D eigenvalue weighted by molar-refractivity contribution is 7.99. The highest BCUT2D eigenvalue weighted by Crippen LogP contribution is 2.36. The van der Waals surface area contributed by atoms with E-state index < -0.39 is 11.9 Å². The van der Waals surface area contributed by atoms with E-state index >= 15 is 0 Å². The molecule has 0 saturated carbocycles. The lowest BCUT2D eigenvalue weighted by molar-refractivity contribution is -0.136. The second-order valence-corrected chi connectivity index (χ2v) is 15.8. The van der Waals surface area contributed by atoms with Crippen LogP contribution in [0.3, 0.4) is 0 Å². The summed E-state index contributed by atoms with van der Waals surface area (Å²) in [4.78, 5) is 51.0. The van der Waals surface area contributed by atoms with Gasteiger partial charge in [0.15, 0.2) is 5.65 Å². The molecule has 2 aromatic heterocycles. The van der Waals surface area contributed by atoms with E-state index in [4.69, 9.17) is 29.8 Å². The van der Waals surface area contributed by atoms with Crippen molar-refractivity contribution < 1.29 is 33.3 Å². The molecular weight excluding hydrogens is 773 g/mol. The summed E-state index contributed by atoms with van der Waals surface area (Å²) >= 11 is 1.62. The number of piperidine rings is 2. The molecule has 308 valence electrons. The Bertz CT molecular complexity index is 2260. The lowest BCUT2D eigenvalue weighted by Gasteiger charge is -2.32. The van der Waals surface area contributed by atoms with Crippen LogP contribution < -0.4 is 15.8 Å². The molecule has 2 saturated heterocycles. The van der Waals surface area contributed by atoms with Crippen LogP contribution in [0.4, 0.5) is 5.82 Å². The van der Waals surface area contributed by atoms with Gasteiger partial charge in [-0.05, 0) is 79.9 Å². The number of fused-ring (bicyclic) bond motifs is 2. The van der Waals surface area contributed by atoms with Crippen molar-refractivity contribution in [3.05, 3.63) is 90.3 Å². The minimum absolute atomic E-state index is 0.129. The van der Waals surface area contributed by atoms with E-state index in [1.54, 1.807) is 22.7 Å². The number of amides is 3. The van der Waals surface area contributed by atoms with Gasteiger partial charge in [-0.2, -0.15) is 5.10 Å². The summed E-state index contributed by atoms with van der Waals surface area (Å²) in [7, 11) is 0. The lowest BCUT2D eigenvalue weighted by atomic mass is 10.0. The summed E-state index contributed by atoms with van der Waals surface area (Å²) < 4.78 is 25.5. The number of anilines is 1. The summed E-state index contributed by atoms with van der Waals surface area (Å²) in [5, 5.41) is 8.19. The van der Waals surface area contributed by atoms with Crippen molar-refractivity contribution in [3.63, 3.8) is 0 Å². The van der Waals surface area contributed by atoms with Crippen molar-refractivity contribution in [3.8, 4) is 22.8 Å². The topological polar surface area (TPSA) is 176 Å². The standard InChI is InChI=1S/C43H48N8O7S/c44-40-38-39(29-11-13-32(14-12-29)58-31-7-2-1-3-8-31)48-51(41(38)46-28-45-40)30-6-5-17-49(26-30)18-19-55-20-21-56-22-23-57-24-25-59-36-10-4-9-33-34(36)27-50(43(33)54)35-15-16-37(52)47-42(35)53/h1-4,7-14,28,30,35H,5-6,15-27H2,(H2,44,45,46)(H,47,52,53)/t30-,35?/m1/s1. The second kappa shape index (κ2) is 19.1. The molecule has 3 N–H and O–H groups in total. The Balaban J connectivity index is 0.726. The Hall–Kier alpha value is -5.39. The number of carbonyl (C=O) groups is 3. The Morgan fingerprint density at radius 2 is 1.59 bits per heavy atom. The number of benzene rings is 3. The zero-order valence-electron chi connectivity index (χ0n) is 32.8. The van der Waals surface area contributed by atoms with Crippen LogP contribution in [0.1, 0.15) is 47.6 Å². The van der Waals surface area contributed by atoms with Crippen molar-refractivity contribution in [2.24, 2.45) is 0 Å². The quantitative estimate of drug-likeness (QED) is 0.0679. The van der Waals surface area contributed by atoms with Gasteiger partial charge in [0.05, 0.1) is 51.1 Å². The first kappa shape index (κ1) is 40.4. The van der Waals surface area contributed by atoms with Crippen molar-refractivity contribution in [2.45, 2.75) is 49.2 Å². The Kier molecular flexibility index (Phi) is 13.1. The summed E-state index contributed by atoms with van der Waals surface area (Å²) in [5.74, 6) is 1.76. The molecule has 5 heterocycles. The molecule has 3 aliphatic heterocycles. The molecule has 3 aliphatic rings. The van der Waals surface area contributed by atoms with Gasteiger partial charge in [-0.25, -0.2) is 14.6 Å². The minimum Gasteiger partial charge on any atom is -0.457 e. The fourth-order valence-corrected chi connectivity index (χ4v) is 8.77. The van der Waals surface area contributed by atoms with E-state index in [1.807, 2.05) is 71.4 Å². The van der Waals surface area contributed by atoms with Crippen LogP contribution in [0.2, 0.25) is 0 Å². The number of imide groups is 1. The smallest absolute Gasteiger partial charge is 0.255 e. The van der Waals surface area contributed by atoms with Crippen molar-refractivity contribution >= 4 is 46.3 Å². The number of thioether (sulfide) groups is 1. The van der Waals surface area contributed by atoms with Gasteiger partial charge in [-0.3, -0.25) is 24.6 Å². The van der Waals surface area contributed by atoms with E-state index in [1.165, 1.54) is 6.33 Å². The molecule has 2 atom stereocenters. The van der Waals surface area contributed by atoms with E-state index in [0.29, 0.717) is 69.7 Å². The maximum absolute atomic E-state index is 13.1. The number of hydrogen-bond acceptors (Lipinski definition) is 13. The van der Waals surface area contributed by atoms with E-state index in [0.717, 1.165) is 76.7 Å². The molecule has 8 rings (SSSR count). The number of carbonyl (C=O) groups excluding carboxylic acids is 3. The number of nitrogens with two attached hydrogens (primary N) is 1. The van der Waals surface area contributed by atoms with Crippen molar-refractivity contribution in [2.75, 3.05) is 70.8 Å². The molecule has 0 aliphatic carbocycles.